The van der Waals surface area contributed by atoms with E-state index in [0.717, 1.165) is 13.0 Å². The smallest absolute Gasteiger partial charge is 0.230 e. The second kappa shape index (κ2) is 4.08. The molecule has 0 atom stereocenters. The van der Waals surface area contributed by atoms with Crippen LogP contribution in [0.1, 0.15) is 25.6 Å². The first-order valence-electron chi connectivity index (χ1n) is 3.88. The van der Waals surface area contributed by atoms with E-state index in [1.165, 1.54) is 0 Å². The van der Waals surface area contributed by atoms with Crippen molar-refractivity contribution in [3.05, 3.63) is 11.8 Å². The molecule has 0 aliphatic heterocycles. The van der Waals surface area contributed by atoms with Crippen molar-refractivity contribution in [2.75, 3.05) is 6.54 Å². The lowest BCUT2D eigenvalue weighted by Gasteiger charge is -1.92. The molecule has 1 aromatic heterocycles. The predicted molar refractivity (Wildman–Crippen MR) is 41.1 cm³/mol. The molecule has 0 aromatic carbocycles. The Morgan fingerprint density at radius 3 is 2.55 bits per heavy atom. The fraction of sp³-hybridized carbons (Fsp3) is 0.714. The molecule has 4 nitrogen and oxygen atoms in total. The van der Waals surface area contributed by atoms with Crippen LogP contribution in [0.4, 0.5) is 0 Å². The lowest BCUT2D eigenvalue weighted by Crippen LogP contribution is -2.11. The number of aromatic nitrogens is 2. The van der Waals surface area contributed by atoms with Gasteiger partial charge in [-0.2, -0.15) is 0 Å². The number of hydrogen-bond acceptors (Lipinski definition) is 4. The minimum atomic E-state index is 0.670. The molecule has 0 saturated carbocycles. The average Bonchev–Trinajstić information content (AvgIpc) is 2.48. The molecule has 0 amide bonds. The Bertz CT molecular complexity index is 209. The third kappa shape index (κ3) is 2.31. The Balaban J connectivity index is 2.44. The van der Waals surface area contributed by atoms with Crippen LogP contribution in [-0.4, -0.2) is 16.7 Å². The number of nitrogens with zero attached hydrogens (tertiary/aromatic N) is 2. The van der Waals surface area contributed by atoms with E-state index in [1.807, 2.05) is 13.8 Å². The second-order valence-electron chi connectivity index (χ2n) is 2.22. The summed E-state index contributed by atoms with van der Waals surface area (Å²) in [6.07, 6.45) is 0.805. The van der Waals surface area contributed by atoms with Crippen LogP contribution < -0.4 is 5.32 Å². The Kier molecular flexibility index (Phi) is 3.04. The Labute approximate surface area is 66.0 Å². The Morgan fingerprint density at radius 1 is 1.27 bits per heavy atom. The van der Waals surface area contributed by atoms with Crippen LogP contribution in [0.3, 0.4) is 0 Å². The van der Waals surface area contributed by atoms with Crippen LogP contribution in [0.2, 0.25) is 0 Å². The lowest BCUT2D eigenvalue weighted by atomic mass is 10.5. The van der Waals surface area contributed by atoms with Crippen LogP contribution in [-0.2, 0) is 13.0 Å². The monoisotopic (exact) mass is 155 g/mol. The fourth-order valence-electron chi connectivity index (χ4n) is 0.735. The average molecular weight is 155 g/mol. The van der Waals surface area contributed by atoms with Crippen molar-refractivity contribution in [3.8, 4) is 0 Å². The van der Waals surface area contributed by atoms with Crippen molar-refractivity contribution >= 4 is 0 Å². The number of rotatable bonds is 4. The summed E-state index contributed by atoms with van der Waals surface area (Å²) in [5.74, 6) is 1.38. The summed E-state index contributed by atoms with van der Waals surface area (Å²) >= 11 is 0. The maximum atomic E-state index is 5.25. The van der Waals surface area contributed by atoms with Gasteiger partial charge >= 0.3 is 0 Å². The van der Waals surface area contributed by atoms with Gasteiger partial charge in [0.15, 0.2) is 0 Å². The van der Waals surface area contributed by atoms with Gasteiger partial charge in [-0.05, 0) is 6.54 Å². The molecule has 0 fully saturated rings. The zero-order chi connectivity index (χ0) is 8.10. The zero-order valence-electron chi connectivity index (χ0n) is 6.92. The van der Waals surface area contributed by atoms with E-state index in [9.17, 15) is 0 Å². The summed E-state index contributed by atoms with van der Waals surface area (Å²) < 4.78 is 5.25. The summed E-state index contributed by atoms with van der Waals surface area (Å²) in [6.45, 7) is 5.62. The third-order valence-corrected chi connectivity index (χ3v) is 1.34. The van der Waals surface area contributed by atoms with E-state index in [4.69, 9.17) is 4.42 Å². The van der Waals surface area contributed by atoms with Crippen LogP contribution in [0.25, 0.3) is 0 Å². The molecule has 4 heteroatoms. The molecule has 62 valence electrons. The van der Waals surface area contributed by atoms with Gasteiger partial charge in [0.2, 0.25) is 11.8 Å². The van der Waals surface area contributed by atoms with Crippen molar-refractivity contribution in [2.24, 2.45) is 0 Å². The summed E-state index contributed by atoms with van der Waals surface area (Å²) in [7, 11) is 0. The van der Waals surface area contributed by atoms with Gasteiger partial charge in [-0.3, -0.25) is 0 Å². The molecule has 11 heavy (non-hydrogen) atoms. The van der Waals surface area contributed by atoms with Crippen LogP contribution >= 0.6 is 0 Å². The molecule has 0 aliphatic rings. The predicted octanol–water partition coefficient (Wildman–Crippen LogP) is 0.741. The first-order valence-corrected chi connectivity index (χ1v) is 3.88. The quantitative estimate of drug-likeness (QED) is 0.696. The van der Waals surface area contributed by atoms with Gasteiger partial charge in [0.25, 0.3) is 0 Å². The van der Waals surface area contributed by atoms with Gasteiger partial charge in [-0.15, -0.1) is 10.2 Å². The van der Waals surface area contributed by atoms with Crippen molar-refractivity contribution in [3.63, 3.8) is 0 Å². The highest BCUT2D eigenvalue weighted by atomic mass is 16.4. The standard InChI is InChI=1S/C7H13N3O/c1-3-6-9-10-7(11-6)5-8-4-2/h8H,3-5H2,1-2H3. The highest BCUT2D eigenvalue weighted by Gasteiger charge is 2.01. The SMILES string of the molecule is CCNCc1nnc(CC)o1. The molecule has 1 N–H and O–H groups in total. The van der Waals surface area contributed by atoms with Crippen LogP contribution in [0, 0.1) is 0 Å². The molecule has 1 aromatic rings. The van der Waals surface area contributed by atoms with Gasteiger partial charge < -0.3 is 9.73 Å². The van der Waals surface area contributed by atoms with Gasteiger partial charge in [0.1, 0.15) is 0 Å². The minimum absolute atomic E-state index is 0.670. The second-order valence-corrected chi connectivity index (χ2v) is 2.22. The summed E-state index contributed by atoms with van der Waals surface area (Å²) in [5.41, 5.74) is 0. The largest absolute Gasteiger partial charge is 0.424 e. The van der Waals surface area contributed by atoms with Gasteiger partial charge in [-0.1, -0.05) is 13.8 Å². The minimum Gasteiger partial charge on any atom is -0.424 e. The molecule has 0 spiro atoms. The highest BCUT2D eigenvalue weighted by Crippen LogP contribution is 1.98. The maximum absolute atomic E-state index is 5.25. The zero-order valence-corrected chi connectivity index (χ0v) is 6.92. The van der Waals surface area contributed by atoms with Crippen molar-refractivity contribution in [1.82, 2.24) is 15.5 Å². The van der Waals surface area contributed by atoms with E-state index in [-0.39, 0.29) is 0 Å². The highest BCUT2D eigenvalue weighted by molar-refractivity contribution is 4.80. The number of hydrogen-bond donors (Lipinski definition) is 1. The first kappa shape index (κ1) is 8.20. The molecule has 0 unspecified atom stereocenters. The van der Waals surface area contributed by atoms with E-state index in [0.29, 0.717) is 18.3 Å². The van der Waals surface area contributed by atoms with Crippen LogP contribution in [0.5, 0.6) is 0 Å². The number of nitrogens with one attached hydrogen (secondary N) is 1. The van der Waals surface area contributed by atoms with Gasteiger partial charge in [0, 0.05) is 6.42 Å². The summed E-state index contributed by atoms with van der Waals surface area (Å²) in [4.78, 5) is 0. The molecular weight excluding hydrogens is 142 g/mol. The molecule has 1 heterocycles. The molecule has 0 radical (unpaired) electrons. The van der Waals surface area contributed by atoms with Gasteiger partial charge in [-0.25, -0.2) is 0 Å². The van der Waals surface area contributed by atoms with E-state index >= 15 is 0 Å². The fourth-order valence-corrected chi connectivity index (χ4v) is 0.735. The summed E-state index contributed by atoms with van der Waals surface area (Å²) in [5, 5.41) is 10.8. The molecule has 1 rings (SSSR count). The Hall–Kier alpha value is -0.900. The third-order valence-electron chi connectivity index (χ3n) is 1.34. The van der Waals surface area contributed by atoms with E-state index in [1.54, 1.807) is 0 Å². The molecule has 0 aliphatic carbocycles. The Morgan fingerprint density at radius 2 is 2.00 bits per heavy atom. The topological polar surface area (TPSA) is 51.0 Å². The lowest BCUT2D eigenvalue weighted by molar-refractivity contribution is 0.438. The van der Waals surface area contributed by atoms with Crippen molar-refractivity contribution in [1.29, 1.82) is 0 Å². The molecule has 0 saturated heterocycles. The maximum Gasteiger partial charge on any atom is 0.230 e. The van der Waals surface area contributed by atoms with E-state index < -0.39 is 0 Å². The molecular formula is C7H13N3O. The van der Waals surface area contributed by atoms with Crippen molar-refractivity contribution < 1.29 is 4.42 Å². The van der Waals surface area contributed by atoms with Crippen molar-refractivity contribution in [2.45, 2.75) is 26.8 Å². The normalized spacial score (nSPS) is 10.4. The van der Waals surface area contributed by atoms with E-state index in [2.05, 4.69) is 15.5 Å². The summed E-state index contributed by atoms with van der Waals surface area (Å²) in [6, 6.07) is 0. The van der Waals surface area contributed by atoms with Gasteiger partial charge in [0.05, 0.1) is 6.54 Å². The number of aryl methyl sites for hydroxylation is 1. The molecule has 0 bridgehead atoms. The van der Waals surface area contributed by atoms with Crippen LogP contribution in [0.15, 0.2) is 4.42 Å². The first-order chi connectivity index (χ1) is 5.36.